The van der Waals surface area contributed by atoms with Gasteiger partial charge in [-0.15, -0.1) is 21.5 Å². The molecule has 6 nitrogen and oxygen atoms in total. The van der Waals surface area contributed by atoms with Crippen molar-refractivity contribution in [1.29, 1.82) is 0 Å². The second-order valence-corrected chi connectivity index (χ2v) is 8.19. The average molecular weight is 382 g/mol. The van der Waals surface area contributed by atoms with Crippen molar-refractivity contribution in [2.24, 2.45) is 0 Å². The summed E-state index contributed by atoms with van der Waals surface area (Å²) < 4.78 is 2.22. The van der Waals surface area contributed by atoms with Crippen molar-refractivity contribution in [2.75, 3.05) is 0 Å². The van der Waals surface area contributed by atoms with Crippen LogP contribution in [0.1, 0.15) is 50.4 Å². The van der Waals surface area contributed by atoms with E-state index < -0.39 is 0 Å². The van der Waals surface area contributed by atoms with E-state index >= 15 is 0 Å². The molecule has 3 heterocycles. The normalized spacial score (nSPS) is 16.6. The van der Waals surface area contributed by atoms with Crippen molar-refractivity contribution >= 4 is 17.2 Å². The van der Waals surface area contributed by atoms with Crippen LogP contribution in [-0.4, -0.2) is 31.7 Å². The van der Waals surface area contributed by atoms with E-state index in [1.165, 1.54) is 16.9 Å². The highest BCUT2D eigenvalue weighted by Crippen LogP contribution is 2.20. The second-order valence-electron chi connectivity index (χ2n) is 6.99. The fourth-order valence-corrected chi connectivity index (χ4v) is 4.42. The number of hydrogen-bond donors (Lipinski definition) is 1. The van der Waals surface area contributed by atoms with E-state index in [1.807, 2.05) is 32.0 Å². The standard InChI is InChI=1S/C20H23N5OS/c1-13-19(27-14(2)21-13)20(26)22-16-8-9-17-23-24-18(25(17)11-10-16)12-15-6-4-3-5-7-15/h3-7,16H,8-12H2,1-2H3,(H,22,26). The molecule has 0 spiro atoms. The first-order valence-corrected chi connectivity index (χ1v) is 10.1. The summed E-state index contributed by atoms with van der Waals surface area (Å²) in [4.78, 5) is 17.7. The summed E-state index contributed by atoms with van der Waals surface area (Å²) in [7, 11) is 0. The molecule has 1 amide bonds. The van der Waals surface area contributed by atoms with Gasteiger partial charge in [0.05, 0.1) is 10.7 Å². The first kappa shape index (κ1) is 17.9. The number of fused-ring (bicyclic) bond motifs is 1. The van der Waals surface area contributed by atoms with Crippen molar-refractivity contribution in [3.63, 3.8) is 0 Å². The predicted molar refractivity (Wildman–Crippen MR) is 105 cm³/mol. The Bertz CT molecular complexity index is 947. The molecule has 0 fully saturated rings. The Labute approximate surface area is 162 Å². The molecule has 1 aliphatic rings. The summed E-state index contributed by atoms with van der Waals surface area (Å²) in [6, 6.07) is 10.5. The maximum Gasteiger partial charge on any atom is 0.263 e. The largest absolute Gasteiger partial charge is 0.348 e. The van der Waals surface area contributed by atoms with Gasteiger partial charge in [-0.25, -0.2) is 4.98 Å². The lowest BCUT2D eigenvalue weighted by molar-refractivity contribution is 0.0936. The number of nitrogens with zero attached hydrogens (tertiary/aromatic N) is 4. The van der Waals surface area contributed by atoms with E-state index in [9.17, 15) is 4.79 Å². The van der Waals surface area contributed by atoms with Crippen LogP contribution in [0.4, 0.5) is 0 Å². The van der Waals surface area contributed by atoms with Gasteiger partial charge in [0.25, 0.3) is 5.91 Å². The number of rotatable bonds is 4. The van der Waals surface area contributed by atoms with Gasteiger partial charge in [-0.05, 0) is 32.3 Å². The molecule has 140 valence electrons. The molecular weight excluding hydrogens is 358 g/mol. The fraction of sp³-hybridized carbons (Fsp3) is 0.400. The zero-order valence-electron chi connectivity index (χ0n) is 15.6. The van der Waals surface area contributed by atoms with E-state index in [4.69, 9.17) is 0 Å². The maximum atomic E-state index is 12.6. The van der Waals surface area contributed by atoms with Crippen LogP contribution in [0.25, 0.3) is 0 Å². The quantitative estimate of drug-likeness (QED) is 0.754. The van der Waals surface area contributed by atoms with Gasteiger partial charge in [0.2, 0.25) is 0 Å². The highest BCUT2D eigenvalue weighted by atomic mass is 32.1. The number of benzene rings is 1. The molecule has 0 saturated heterocycles. The Balaban J connectivity index is 1.43. The van der Waals surface area contributed by atoms with Gasteiger partial charge in [0.1, 0.15) is 16.5 Å². The molecule has 0 radical (unpaired) electrons. The number of hydrogen-bond acceptors (Lipinski definition) is 5. The van der Waals surface area contributed by atoms with Crippen molar-refractivity contribution in [3.8, 4) is 0 Å². The smallest absolute Gasteiger partial charge is 0.263 e. The number of aromatic nitrogens is 4. The molecule has 27 heavy (non-hydrogen) atoms. The number of amides is 1. The molecular formula is C20H23N5OS. The van der Waals surface area contributed by atoms with E-state index in [2.05, 4.69) is 37.2 Å². The summed E-state index contributed by atoms with van der Waals surface area (Å²) in [5, 5.41) is 12.9. The van der Waals surface area contributed by atoms with E-state index in [1.54, 1.807) is 0 Å². The minimum atomic E-state index is -0.00901. The van der Waals surface area contributed by atoms with Gasteiger partial charge in [0, 0.05) is 25.4 Å². The van der Waals surface area contributed by atoms with E-state index in [0.717, 1.165) is 59.5 Å². The van der Waals surface area contributed by atoms with Gasteiger partial charge >= 0.3 is 0 Å². The van der Waals surface area contributed by atoms with Crippen LogP contribution in [0.15, 0.2) is 30.3 Å². The highest BCUT2D eigenvalue weighted by Gasteiger charge is 2.23. The zero-order valence-corrected chi connectivity index (χ0v) is 16.4. The van der Waals surface area contributed by atoms with Crippen molar-refractivity contribution in [3.05, 3.63) is 63.1 Å². The van der Waals surface area contributed by atoms with Crippen molar-refractivity contribution < 1.29 is 4.79 Å². The molecule has 0 aliphatic carbocycles. The van der Waals surface area contributed by atoms with Gasteiger partial charge in [-0.3, -0.25) is 4.79 Å². The Morgan fingerprint density at radius 2 is 2.04 bits per heavy atom. The first-order valence-electron chi connectivity index (χ1n) is 9.30. The van der Waals surface area contributed by atoms with Gasteiger partial charge in [-0.1, -0.05) is 30.3 Å². The molecule has 1 atom stereocenters. The molecule has 3 aromatic rings. The summed E-state index contributed by atoms with van der Waals surface area (Å²) in [5.41, 5.74) is 2.05. The SMILES string of the molecule is Cc1nc(C)c(C(=O)NC2CCc3nnc(Cc4ccccc4)n3CC2)s1. The molecule has 1 N–H and O–H groups in total. The van der Waals surface area contributed by atoms with Crippen LogP contribution >= 0.6 is 11.3 Å². The molecule has 1 unspecified atom stereocenters. The van der Waals surface area contributed by atoms with Crippen LogP contribution in [0.3, 0.4) is 0 Å². The number of carbonyl (C=O) groups is 1. The lowest BCUT2D eigenvalue weighted by Crippen LogP contribution is -2.35. The molecule has 0 saturated carbocycles. The minimum Gasteiger partial charge on any atom is -0.348 e. The molecule has 1 aliphatic heterocycles. The second kappa shape index (κ2) is 7.60. The number of aryl methyl sites for hydroxylation is 3. The van der Waals surface area contributed by atoms with Crippen LogP contribution in [0, 0.1) is 13.8 Å². The third-order valence-electron chi connectivity index (χ3n) is 4.97. The number of thiazole rings is 1. The number of nitrogens with one attached hydrogen (secondary N) is 1. The predicted octanol–water partition coefficient (Wildman–Crippen LogP) is 3.08. The Morgan fingerprint density at radius 3 is 2.78 bits per heavy atom. The summed E-state index contributed by atoms with van der Waals surface area (Å²) in [5.74, 6) is 2.00. The van der Waals surface area contributed by atoms with Crippen LogP contribution < -0.4 is 5.32 Å². The monoisotopic (exact) mass is 381 g/mol. The topological polar surface area (TPSA) is 72.7 Å². The summed E-state index contributed by atoms with van der Waals surface area (Å²) in [6.45, 7) is 4.65. The Kier molecular flexibility index (Phi) is 5.03. The van der Waals surface area contributed by atoms with Crippen molar-refractivity contribution in [1.82, 2.24) is 25.1 Å². The third kappa shape index (κ3) is 3.93. The molecule has 4 rings (SSSR count). The van der Waals surface area contributed by atoms with Crippen LogP contribution in [0.2, 0.25) is 0 Å². The fourth-order valence-electron chi connectivity index (χ4n) is 3.59. The molecule has 0 bridgehead atoms. The number of carbonyl (C=O) groups excluding carboxylic acids is 1. The lowest BCUT2D eigenvalue weighted by Gasteiger charge is -2.15. The lowest BCUT2D eigenvalue weighted by atomic mass is 10.1. The first-order chi connectivity index (χ1) is 13.1. The highest BCUT2D eigenvalue weighted by molar-refractivity contribution is 7.13. The maximum absolute atomic E-state index is 12.6. The average Bonchev–Trinajstić information content (AvgIpc) is 3.13. The minimum absolute atomic E-state index is 0.00901. The Hall–Kier alpha value is -2.54. The van der Waals surface area contributed by atoms with Gasteiger partial charge in [-0.2, -0.15) is 0 Å². The zero-order chi connectivity index (χ0) is 18.8. The van der Waals surface area contributed by atoms with E-state index in [-0.39, 0.29) is 11.9 Å². The van der Waals surface area contributed by atoms with E-state index in [0.29, 0.717) is 0 Å². The van der Waals surface area contributed by atoms with Gasteiger partial charge in [0.15, 0.2) is 0 Å². The molecule has 7 heteroatoms. The van der Waals surface area contributed by atoms with Crippen LogP contribution in [0.5, 0.6) is 0 Å². The summed E-state index contributed by atoms with van der Waals surface area (Å²) in [6.07, 6.45) is 3.37. The summed E-state index contributed by atoms with van der Waals surface area (Å²) >= 11 is 1.46. The molecule has 2 aromatic heterocycles. The third-order valence-corrected chi connectivity index (χ3v) is 6.04. The van der Waals surface area contributed by atoms with Crippen LogP contribution in [-0.2, 0) is 19.4 Å². The van der Waals surface area contributed by atoms with Gasteiger partial charge < -0.3 is 9.88 Å². The Morgan fingerprint density at radius 1 is 1.22 bits per heavy atom. The molecule has 1 aromatic carbocycles. The van der Waals surface area contributed by atoms with Crippen molar-refractivity contribution in [2.45, 2.75) is 52.1 Å².